The number of carbonyl (C=O) groups is 1. The molecule has 0 saturated heterocycles. The van der Waals surface area contributed by atoms with Crippen molar-refractivity contribution in [3.63, 3.8) is 0 Å². The number of phenolic OH excluding ortho intramolecular Hbond substituents is 1. The predicted octanol–water partition coefficient (Wildman–Crippen LogP) is 4.94. The van der Waals surface area contributed by atoms with E-state index in [1.807, 2.05) is 53.7 Å². The number of nitrogens with one attached hydrogen (secondary N) is 1. The molecule has 3 N–H and O–H groups in total. The number of phenols is 1. The predicted molar refractivity (Wildman–Crippen MR) is 133 cm³/mol. The van der Waals surface area contributed by atoms with Gasteiger partial charge in [0, 0.05) is 29.9 Å². The van der Waals surface area contributed by atoms with Crippen molar-refractivity contribution in [3.05, 3.63) is 69.5 Å². The van der Waals surface area contributed by atoms with E-state index in [4.69, 9.17) is 0 Å². The van der Waals surface area contributed by atoms with Crippen molar-refractivity contribution < 1.29 is 15.0 Å². The molecule has 0 aliphatic carbocycles. The van der Waals surface area contributed by atoms with Gasteiger partial charge in [0.15, 0.2) is 0 Å². The SMILES string of the molecule is CC(O)Cn1cc(C(=O)Nc2cc(O)c(C(C)(C)C)cc2C(C)(C)C)c(=O)c2ccccc21. The highest BCUT2D eigenvalue weighted by molar-refractivity contribution is 6.06. The maximum atomic E-state index is 13.3. The number of benzene rings is 2. The van der Waals surface area contributed by atoms with Gasteiger partial charge in [0.25, 0.3) is 5.91 Å². The van der Waals surface area contributed by atoms with Crippen LogP contribution in [0.2, 0.25) is 0 Å². The highest BCUT2D eigenvalue weighted by Crippen LogP contribution is 2.39. The number of nitrogens with zero attached hydrogens (tertiary/aromatic N) is 1. The molecule has 3 aromatic rings. The number of rotatable bonds is 4. The van der Waals surface area contributed by atoms with Crippen LogP contribution in [0.4, 0.5) is 5.69 Å². The first-order valence-electron chi connectivity index (χ1n) is 11.2. The number of aromatic nitrogens is 1. The molecule has 1 unspecified atom stereocenters. The summed E-state index contributed by atoms with van der Waals surface area (Å²) in [4.78, 5) is 26.5. The molecule has 1 amide bonds. The van der Waals surface area contributed by atoms with Crippen molar-refractivity contribution in [2.75, 3.05) is 5.32 Å². The molecule has 1 aromatic heterocycles. The van der Waals surface area contributed by atoms with Gasteiger partial charge in [-0.2, -0.15) is 0 Å². The quantitative estimate of drug-likeness (QED) is 0.525. The van der Waals surface area contributed by atoms with Crippen LogP contribution in [0.15, 0.2) is 47.4 Å². The Kier molecular flexibility index (Phi) is 6.44. The number of hydrogen-bond acceptors (Lipinski definition) is 4. The molecule has 2 aromatic carbocycles. The zero-order chi connectivity index (χ0) is 24.7. The number of aliphatic hydroxyl groups excluding tert-OH is 1. The van der Waals surface area contributed by atoms with Gasteiger partial charge >= 0.3 is 0 Å². The number of anilines is 1. The Morgan fingerprint density at radius 2 is 1.64 bits per heavy atom. The van der Waals surface area contributed by atoms with E-state index >= 15 is 0 Å². The molecule has 0 aliphatic rings. The Morgan fingerprint density at radius 1 is 1.03 bits per heavy atom. The third-order valence-electron chi connectivity index (χ3n) is 5.69. The van der Waals surface area contributed by atoms with Gasteiger partial charge in [0.2, 0.25) is 5.43 Å². The largest absolute Gasteiger partial charge is 0.508 e. The summed E-state index contributed by atoms with van der Waals surface area (Å²) in [5.74, 6) is -0.464. The van der Waals surface area contributed by atoms with Crippen LogP contribution < -0.4 is 10.7 Å². The van der Waals surface area contributed by atoms with E-state index in [9.17, 15) is 19.8 Å². The average Bonchev–Trinajstić information content (AvgIpc) is 2.68. The molecule has 6 heteroatoms. The number of fused-ring (bicyclic) bond motifs is 1. The van der Waals surface area contributed by atoms with E-state index in [1.165, 1.54) is 6.20 Å². The summed E-state index contributed by atoms with van der Waals surface area (Å²) in [5.41, 5.74) is 1.78. The number of aromatic hydroxyl groups is 1. The van der Waals surface area contributed by atoms with Crippen LogP contribution in [0.25, 0.3) is 10.9 Å². The first kappa shape index (κ1) is 24.5. The molecule has 3 rings (SSSR count). The second-order valence-corrected chi connectivity index (χ2v) is 10.8. The molecule has 1 atom stereocenters. The van der Waals surface area contributed by atoms with E-state index in [1.54, 1.807) is 35.8 Å². The van der Waals surface area contributed by atoms with Crippen LogP contribution >= 0.6 is 0 Å². The van der Waals surface area contributed by atoms with Crippen LogP contribution in [0.5, 0.6) is 5.75 Å². The summed E-state index contributed by atoms with van der Waals surface area (Å²) in [7, 11) is 0. The first-order valence-corrected chi connectivity index (χ1v) is 11.2. The number of aliphatic hydroxyl groups is 1. The maximum absolute atomic E-state index is 13.3. The lowest BCUT2D eigenvalue weighted by Crippen LogP contribution is -2.27. The monoisotopic (exact) mass is 450 g/mol. The van der Waals surface area contributed by atoms with E-state index in [2.05, 4.69) is 5.32 Å². The minimum Gasteiger partial charge on any atom is -0.508 e. The Hall–Kier alpha value is -3.12. The Morgan fingerprint density at radius 3 is 2.21 bits per heavy atom. The Bertz CT molecular complexity index is 1260. The normalized spacial score (nSPS) is 13.2. The summed E-state index contributed by atoms with van der Waals surface area (Å²) >= 11 is 0. The van der Waals surface area contributed by atoms with Crippen molar-refractivity contribution in [2.24, 2.45) is 0 Å². The number of para-hydroxylation sites is 1. The first-order chi connectivity index (χ1) is 15.2. The van der Waals surface area contributed by atoms with E-state index in [-0.39, 0.29) is 34.1 Å². The second kappa shape index (κ2) is 8.67. The summed E-state index contributed by atoms with van der Waals surface area (Å²) in [6.45, 7) is 14.1. The minimum absolute atomic E-state index is 0.0198. The van der Waals surface area contributed by atoms with Crippen molar-refractivity contribution >= 4 is 22.5 Å². The van der Waals surface area contributed by atoms with Crippen LogP contribution in [-0.2, 0) is 17.4 Å². The number of pyridine rings is 1. The smallest absolute Gasteiger partial charge is 0.261 e. The molecule has 0 spiro atoms. The van der Waals surface area contributed by atoms with Gasteiger partial charge in [-0.05, 0) is 47.1 Å². The number of carbonyl (C=O) groups excluding carboxylic acids is 1. The molecule has 0 bridgehead atoms. The van der Waals surface area contributed by atoms with Crippen molar-refractivity contribution in [3.8, 4) is 5.75 Å². The van der Waals surface area contributed by atoms with E-state index in [0.717, 1.165) is 11.1 Å². The number of amides is 1. The molecule has 33 heavy (non-hydrogen) atoms. The van der Waals surface area contributed by atoms with Crippen LogP contribution in [0, 0.1) is 0 Å². The van der Waals surface area contributed by atoms with Crippen LogP contribution in [-0.4, -0.2) is 26.8 Å². The van der Waals surface area contributed by atoms with Gasteiger partial charge in [-0.15, -0.1) is 0 Å². The molecule has 0 saturated carbocycles. The van der Waals surface area contributed by atoms with Crippen molar-refractivity contribution in [1.29, 1.82) is 0 Å². The van der Waals surface area contributed by atoms with Crippen LogP contribution in [0.3, 0.4) is 0 Å². The van der Waals surface area contributed by atoms with Gasteiger partial charge < -0.3 is 20.1 Å². The maximum Gasteiger partial charge on any atom is 0.261 e. The van der Waals surface area contributed by atoms with Gasteiger partial charge in [0.1, 0.15) is 11.3 Å². The van der Waals surface area contributed by atoms with Crippen LogP contribution in [0.1, 0.15) is 70.0 Å². The minimum atomic E-state index is -0.652. The van der Waals surface area contributed by atoms with Gasteiger partial charge in [-0.3, -0.25) is 9.59 Å². The average molecular weight is 451 g/mol. The second-order valence-electron chi connectivity index (χ2n) is 10.8. The summed E-state index contributed by atoms with van der Waals surface area (Å²) in [5, 5.41) is 23.9. The molecule has 0 fully saturated rings. The standard InChI is InChI=1S/C27H34N2O4/c1-16(30)14-29-15-18(24(32)17-10-8-9-11-22(17)29)25(33)28-21-13-23(31)20(27(5,6)7)12-19(21)26(2,3)4/h8-13,15-16,30-31H,14H2,1-7H3,(H,28,33). The lowest BCUT2D eigenvalue weighted by atomic mass is 9.79. The molecule has 0 radical (unpaired) electrons. The fraction of sp³-hybridized carbons (Fsp3) is 0.407. The van der Waals surface area contributed by atoms with Gasteiger partial charge in [-0.1, -0.05) is 53.7 Å². The molecule has 0 aliphatic heterocycles. The summed E-state index contributed by atoms with van der Waals surface area (Å²) in [6, 6.07) is 10.5. The molecular formula is C27H34N2O4. The third-order valence-corrected chi connectivity index (χ3v) is 5.69. The van der Waals surface area contributed by atoms with Gasteiger partial charge in [-0.25, -0.2) is 0 Å². The zero-order valence-electron chi connectivity index (χ0n) is 20.5. The molecule has 1 heterocycles. The Balaban J connectivity index is 2.14. The summed E-state index contributed by atoms with van der Waals surface area (Å²) < 4.78 is 1.72. The summed E-state index contributed by atoms with van der Waals surface area (Å²) in [6.07, 6.45) is 0.841. The highest BCUT2D eigenvalue weighted by atomic mass is 16.3. The van der Waals surface area contributed by atoms with E-state index < -0.39 is 12.0 Å². The third kappa shape index (κ3) is 5.11. The Labute approximate surface area is 194 Å². The van der Waals surface area contributed by atoms with Gasteiger partial charge in [0.05, 0.1) is 11.6 Å². The number of hydrogen-bond donors (Lipinski definition) is 3. The van der Waals surface area contributed by atoms with E-state index in [0.29, 0.717) is 16.6 Å². The fourth-order valence-corrected chi connectivity index (χ4v) is 4.05. The highest BCUT2D eigenvalue weighted by Gasteiger charge is 2.27. The zero-order valence-corrected chi connectivity index (χ0v) is 20.5. The lowest BCUT2D eigenvalue weighted by Gasteiger charge is -2.28. The topological polar surface area (TPSA) is 91.6 Å². The lowest BCUT2D eigenvalue weighted by molar-refractivity contribution is 0.102. The molecular weight excluding hydrogens is 416 g/mol. The fourth-order valence-electron chi connectivity index (χ4n) is 4.05. The van der Waals surface area contributed by atoms with Crippen molar-refractivity contribution in [1.82, 2.24) is 4.57 Å². The molecule has 176 valence electrons. The molecule has 6 nitrogen and oxygen atoms in total. The van der Waals surface area contributed by atoms with Crippen molar-refractivity contribution in [2.45, 2.75) is 71.9 Å².